The van der Waals surface area contributed by atoms with Gasteiger partial charge in [0, 0.05) is 6.07 Å². The molecule has 0 aliphatic rings. The molecule has 0 atom stereocenters. The Hall–Kier alpha value is -1.64. The van der Waals surface area contributed by atoms with E-state index in [9.17, 15) is 8.42 Å². The fourth-order valence-corrected chi connectivity index (χ4v) is 3.59. The lowest BCUT2D eigenvalue weighted by Crippen LogP contribution is -2.11. The van der Waals surface area contributed by atoms with Gasteiger partial charge in [0.15, 0.2) is 0 Å². The SMILES string of the molecule is COc1ccc(NS(=O)(=O)c2cc(CO)cs2)cn1. The van der Waals surface area contributed by atoms with Gasteiger partial charge < -0.3 is 9.84 Å². The first kappa shape index (κ1) is 13.8. The first-order valence-electron chi connectivity index (χ1n) is 5.26. The summed E-state index contributed by atoms with van der Waals surface area (Å²) in [6.07, 6.45) is 1.37. The highest BCUT2D eigenvalue weighted by atomic mass is 32.2. The van der Waals surface area contributed by atoms with Gasteiger partial charge in [-0.1, -0.05) is 0 Å². The molecule has 102 valence electrons. The van der Waals surface area contributed by atoms with Crippen molar-refractivity contribution in [2.24, 2.45) is 0 Å². The second-order valence-electron chi connectivity index (χ2n) is 3.63. The number of sulfonamides is 1. The van der Waals surface area contributed by atoms with Gasteiger partial charge >= 0.3 is 0 Å². The van der Waals surface area contributed by atoms with Crippen molar-refractivity contribution >= 4 is 27.0 Å². The second-order valence-corrected chi connectivity index (χ2v) is 6.45. The van der Waals surface area contributed by atoms with E-state index in [-0.39, 0.29) is 10.8 Å². The van der Waals surface area contributed by atoms with Crippen LogP contribution in [0.2, 0.25) is 0 Å². The van der Waals surface area contributed by atoms with Gasteiger partial charge in [0.1, 0.15) is 4.21 Å². The topological polar surface area (TPSA) is 88.5 Å². The maximum atomic E-state index is 12.0. The van der Waals surface area contributed by atoms with E-state index in [0.717, 1.165) is 11.3 Å². The van der Waals surface area contributed by atoms with Crippen molar-refractivity contribution in [3.8, 4) is 5.88 Å². The minimum absolute atomic E-state index is 0.146. The summed E-state index contributed by atoms with van der Waals surface area (Å²) in [5.41, 5.74) is 0.915. The van der Waals surface area contributed by atoms with Crippen molar-refractivity contribution < 1.29 is 18.3 Å². The molecule has 0 unspecified atom stereocenters. The van der Waals surface area contributed by atoms with Gasteiger partial charge in [0.05, 0.1) is 25.6 Å². The van der Waals surface area contributed by atoms with Crippen LogP contribution in [0.4, 0.5) is 5.69 Å². The minimum Gasteiger partial charge on any atom is -0.481 e. The molecule has 2 heterocycles. The quantitative estimate of drug-likeness (QED) is 0.872. The van der Waals surface area contributed by atoms with Crippen LogP contribution in [0.25, 0.3) is 0 Å². The summed E-state index contributed by atoms with van der Waals surface area (Å²) in [6, 6.07) is 4.55. The van der Waals surface area contributed by atoms with E-state index in [2.05, 4.69) is 9.71 Å². The first-order valence-corrected chi connectivity index (χ1v) is 7.62. The molecule has 0 fully saturated rings. The molecule has 0 amide bonds. The third-order valence-electron chi connectivity index (χ3n) is 2.27. The van der Waals surface area contributed by atoms with Crippen LogP contribution in [-0.2, 0) is 16.6 Å². The standard InChI is InChI=1S/C11H12N2O4S2/c1-17-10-3-2-9(5-12-10)13-19(15,16)11-4-8(6-14)7-18-11/h2-5,7,13-14H,6H2,1H3. The number of methoxy groups -OCH3 is 1. The number of ether oxygens (including phenoxy) is 1. The van der Waals surface area contributed by atoms with Crippen LogP contribution in [0, 0.1) is 0 Å². The van der Waals surface area contributed by atoms with E-state index >= 15 is 0 Å². The zero-order chi connectivity index (χ0) is 13.9. The van der Waals surface area contributed by atoms with Crippen molar-refractivity contribution in [1.82, 2.24) is 4.98 Å². The molecule has 6 nitrogen and oxygen atoms in total. The highest BCUT2D eigenvalue weighted by molar-refractivity contribution is 7.94. The number of anilines is 1. The Labute approximate surface area is 114 Å². The summed E-state index contributed by atoms with van der Waals surface area (Å²) < 4.78 is 31.5. The number of hydrogen-bond acceptors (Lipinski definition) is 6. The molecule has 2 N–H and O–H groups in total. The smallest absolute Gasteiger partial charge is 0.271 e. The molecule has 19 heavy (non-hydrogen) atoms. The molecule has 0 bridgehead atoms. The van der Waals surface area contributed by atoms with Crippen LogP contribution in [0.1, 0.15) is 5.56 Å². The lowest BCUT2D eigenvalue weighted by Gasteiger charge is -2.06. The van der Waals surface area contributed by atoms with E-state index in [1.54, 1.807) is 17.5 Å². The first-order chi connectivity index (χ1) is 9.05. The zero-order valence-electron chi connectivity index (χ0n) is 10.0. The summed E-state index contributed by atoms with van der Waals surface area (Å²) in [7, 11) is -2.17. The molecule has 0 saturated heterocycles. The fraction of sp³-hybridized carbons (Fsp3) is 0.182. The summed E-state index contributed by atoms with van der Waals surface area (Å²) in [6.45, 7) is -0.184. The molecule has 0 spiro atoms. The summed E-state index contributed by atoms with van der Waals surface area (Å²) in [4.78, 5) is 3.91. The Balaban J connectivity index is 2.20. The second kappa shape index (κ2) is 5.55. The average Bonchev–Trinajstić information content (AvgIpc) is 2.89. The van der Waals surface area contributed by atoms with Gasteiger partial charge in [0.2, 0.25) is 5.88 Å². The average molecular weight is 300 g/mol. The van der Waals surface area contributed by atoms with Crippen molar-refractivity contribution in [3.63, 3.8) is 0 Å². The molecule has 0 aromatic carbocycles. The summed E-state index contributed by atoms with van der Waals surface area (Å²) in [5, 5.41) is 10.5. The van der Waals surface area contributed by atoms with Gasteiger partial charge in [-0.05, 0) is 23.1 Å². The summed E-state index contributed by atoms with van der Waals surface area (Å²) >= 11 is 1.05. The van der Waals surface area contributed by atoms with Gasteiger partial charge in [-0.3, -0.25) is 4.72 Å². The molecule has 2 aromatic rings. The Bertz CT molecular complexity index is 650. The Morgan fingerprint density at radius 2 is 2.26 bits per heavy atom. The van der Waals surface area contributed by atoms with Crippen LogP contribution in [-0.4, -0.2) is 25.6 Å². The molecular weight excluding hydrogens is 288 g/mol. The van der Waals surface area contributed by atoms with E-state index < -0.39 is 10.0 Å². The number of nitrogens with zero attached hydrogens (tertiary/aromatic N) is 1. The van der Waals surface area contributed by atoms with Crippen molar-refractivity contribution in [3.05, 3.63) is 35.3 Å². The van der Waals surface area contributed by atoms with Gasteiger partial charge in [-0.2, -0.15) is 0 Å². The molecule has 0 radical (unpaired) electrons. The Morgan fingerprint density at radius 1 is 1.47 bits per heavy atom. The van der Waals surface area contributed by atoms with Crippen LogP contribution in [0.3, 0.4) is 0 Å². The molecule has 2 aromatic heterocycles. The lowest BCUT2D eigenvalue weighted by atomic mass is 10.4. The van der Waals surface area contributed by atoms with E-state index in [1.165, 1.54) is 19.4 Å². The Morgan fingerprint density at radius 3 is 2.79 bits per heavy atom. The maximum absolute atomic E-state index is 12.0. The van der Waals surface area contributed by atoms with Crippen LogP contribution < -0.4 is 9.46 Å². The number of thiophene rings is 1. The molecule has 0 aliphatic carbocycles. The monoisotopic (exact) mass is 300 g/mol. The Kier molecular flexibility index (Phi) is 4.03. The number of pyridine rings is 1. The predicted octanol–water partition coefficient (Wildman–Crippen LogP) is 1.44. The fourth-order valence-electron chi connectivity index (χ4n) is 1.34. The predicted molar refractivity (Wildman–Crippen MR) is 71.8 cm³/mol. The van der Waals surface area contributed by atoms with E-state index in [1.807, 2.05) is 0 Å². The molecule has 0 aliphatic heterocycles. The largest absolute Gasteiger partial charge is 0.481 e. The highest BCUT2D eigenvalue weighted by Gasteiger charge is 2.17. The molecule has 8 heteroatoms. The number of hydrogen-bond donors (Lipinski definition) is 2. The minimum atomic E-state index is -3.65. The summed E-state index contributed by atoms with van der Waals surface area (Å²) in [5.74, 6) is 0.404. The van der Waals surface area contributed by atoms with Crippen LogP contribution >= 0.6 is 11.3 Å². The third kappa shape index (κ3) is 3.22. The lowest BCUT2D eigenvalue weighted by molar-refractivity contribution is 0.282. The highest BCUT2D eigenvalue weighted by Crippen LogP contribution is 2.23. The van der Waals surface area contributed by atoms with Crippen molar-refractivity contribution in [2.75, 3.05) is 11.8 Å². The maximum Gasteiger partial charge on any atom is 0.271 e. The number of rotatable bonds is 5. The van der Waals surface area contributed by atoms with Gasteiger partial charge in [0.25, 0.3) is 10.0 Å². The zero-order valence-corrected chi connectivity index (χ0v) is 11.7. The van der Waals surface area contributed by atoms with E-state index in [0.29, 0.717) is 17.1 Å². The number of aliphatic hydroxyl groups excluding tert-OH is 1. The van der Waals surface area contributed by atoms with E-state index in [4.69, 9.17) is 9.84 Å². The van der Waals surface area contributed by atoms with Crippen molar-refractivity contribution in [1.29, 1.82) is 0 Å². The number of aromatic nitrogens is 1. The molecule has 0 saturated carbocycles. The number of nitrogens with one attached hydrogen (secondary N) is 1. The van der Waals surface area contributed by atoms with Crippen LogP contribution in [0.15, 0.2) is 34.0 Å². The molecule has 2 rings (SSSR count). The van der Waals surface area contributed by atoms with Crippen LogP contribution in [0.5, 0.6) is 5.88 Å². The number of aliphatic hydroxyl groups is 1. The molecular formula is C11H12N2O4S2. The van der Waals surface area contributed by atoms with Gasteiger partial charge in [-0.25, -0.2) is 13.4 Å². The third-order valence-corrected chi connectivity index (χ3v) is 5.14. The van der Waals surface area contributed by atoms with Gasteiger partial charge in [-0.15, -0.1) is 11.3 Å². The van der Waals surface area contributed by atoms with Crippen molar-refractivity contribution in [2.45, 2.75) is 10.8 Å². The normalized spacial score (nSPS) is 11.3.